The Morgan fingerprint density at radius 3 is 2.59 bits per heavy atom. The molecule has 1 amide bonds. The third-order valence-corrected chi connectivity index (χ3v) is 7.55. The van der Waals surface area contributed by atoms with Gasteiger partial charge in [-0.1, -0.05) is 0 Å². The molecule has 0 spiro atoms. The molecule has 13 heteroatoms. The van der Waals surface area contributed by atoms with Crippen molar-refractivity contribution in [1.29, 1.82) is 0 Å². The average Bonchev–Trinajstić information content (AvgIpc) is 3.48. The molecule has 0 radical (unpaired) electrons. The van der Waals surface area contributed by atoms with Crippen molar-refractivity contribution >= 4 is 27.5 Å². The van der Waals surface area contributed by atoms with Crippen molar-refractivity contribution in [2.24, 2.45) is 0 Å². The number of ether oxygens (including phenoxy) is 3. The molecule has 1 atom stereocenters. The van der Waals surface area contributed by atoms with Crippen LogP contribution in [0.3, 0.4) is 0 Å². The number of thiophene rings is 1. The van der Waals surface area contributed by atoms with Gasteiger partial charge in [0.05, 0.1) is 36.1 Å². The topological polar surface area (TPSA) is 98.7 Å². The van der Waals surface area contributed by atoms with Crippen LogP contribution in [0.4, 0.5) is 18.0 Å². The van der Waals surface area contributed by atoms with E-state index in [1.54, 1.807) is 36.4 Å². The number of amides is 1. The zero-order valence-corrected chi connectivity index (χ0v) is 24.0. The van der Waals surface area contributed by atoms with Gasteiger partial charge < -0.3 is 19.2 Å². The Balaban J connectivity index is 1.69. The van der Waals surface area contributed by atoms with Gasteiger partial charge in [0.15, 0.2) is 5.13 Å². The maximum Gasteiger partial charge on any atom is 0.410 e. The molecular weight excluding hydrogens is 561 g/mol. The second-order valence-electron chi connectivity index (χ2n) is 10.6. The van der Waals surface area contributed by atoms with Gasteiger partial charge in [0.25, 0.3) is 5.56 Å². The summed E-state index contributed by atoms with van der Waals surface area (Å²) in [5.41, 5.74) is -0.335. The summed E-state index contributed by atoms with van der Waals surface area (Å²) in [4.78, 5) is 30.2. The van der Waals surface area contributed by atoms with Crippen LogP contribution >= 0.6 is 11.3 Å². The number of aromatic nitrogens is 3. The molecule has 1 aliphatic heterocycles. The third kappa shape index (κ3) is 5.55. The second kappa shape index (κ2) is 10.9. The smallest absolute Gasteiger partial charge is 0.410 e. The molecule has 3 aromatic heterocycles. The number of fused-ring (bicyclic) bond motifs is 2. The highest BCUT2D eigenvalue weighted by Gasteiger charge is 2.33. The Hall–Kier alpha value is -3.84. The van der Waals surface area contributed by atoms with Gasteiger partial charge in [-0.05, 0) is 39.8 Å². The number of carbonyl (C=O) groups is 1. The van der Waals surface area contributed by atoms with E-state index in [1.807, 2.05) is 6.92 Å². The molecule has 0 saturated carbocycles. The molecule has 1 aliphatic rings. The van der Waals surface area contributed by atoms with Crippen LogP contribution in [-0.2, 0) is 16.0 Å². The molecule has 9 nitrogen and oxygen atoms in total. The van der Waals surface area contributed by atoms with Crippen molar-refractivity contribution < 1.29 is 32.2 Å². The summed E-state index contributed by atoms with van der Waals surface area (Å²) in [6, 6.07) is 4.10. The van der Waals surface area contributed by atoms with E-state index < -0.39 is 40.1 Å². The molecule has 4 heterocycles. The zero-order valence-electron chi connectivity index (χ0n) is 23.1. The number of nitrogens with one attached hydrogen (secondary N) is 1. The van der Waals surface area contributed by atoms with Gasteiger partial charge in [-0.25, -0.2) is 13.6 Å². The summed E-state index contributed by atoms with van der Waals surface area (Å²) in [5.74, 6) is -1.98. The highest BCUT2D eigenvalue weighted by molar-refractivity contribution is 7.17. The number of rotatable bonds is 6. The minimum Gasteiger partial charge on any atom is -0.490 e. The Kier molecular flexibility index (Phi) is 7.60. The number of hydrogen-bond acceptors (Lipinski definition) is 7. The number of hydrogen-bond donors (Lipinski definition) is 1. The van der Waals surface area contributed by atoms with E-state index >= 15 is 4.39 Å². The molecular formula is C28H29F3N4O5S. The van der Waals surface area contributed by atoms with E-state index in [0.717, 1.165) is 12.1 Å². The molecule has 4 aromatic rings. The zero-order chi connectivity index (χ0) is 29.6. The average molecular weight is 591 g/mol. The number of benzene rings is 1. The number of carbonyl (C=O) groups excluding carboxylic acids is 1. The van der Waals surface area contributed by atoms with E-state index in [1.165, 1.54) is 7.11 Å². The third-order valence-electron chi connectivity index (χ3n) is 6.62. The lowest BCUT2D eigenvalue weighted by atomic mass is 9.96. The first-order valence-corrected chi connectivity index (χ1v) is 13.7. The van der Waals surface area contributed by atoms with Crippen molar-refractivity contribution in [2.75, 3.05) is 26.9 Å². The SMILES string of the molecule is COCCOc1cc(F)cc(F)c1-c1c(-c2cc3n(n2)CCN(C(=O)OC(C)(C)C)[C@H]3C)[nH]c(=O)c2sc(F)cc12. The molecule has 1 aromatic carbocycles. The molecule has 0 aliphatic carbocycles. The lowest BCUT2D eigenvalue weighted by molar-refractivity contribution is 0.0120. The lowest BCUT2D eigenvalue weighted by Crippen LogP contribution is -2.43. The largest absolute Gasteiger partial charge is 0.490 e. The first-order valence-electron chi connectivity index (χ1n) is 12.9. The number of halogens is 3. The highest BCUT2D eigenvalue weighted by Crippen LogP contribution is 2.44. The monoisotopic (exact) mass is 590 g/mol. The van der Waals surface area contributed by atoms with E-state index in [0.29, 0.717) is 36.2 Å². The molecule has 0 unspecified atom stereocenters. The molecule has 0 bridgehead atoms. The maximum atomic E-state index is 15.6. The molecule has 218 valence electrons. The first-order chi connectivity index (χ1) is 19.4. The fraction of sp³-hybridized carbons (Fsp3) is 0.393. The summed E-state index contributed by atoms with van der Waals surface area (Å²) in [7, 11) is 1.46. The Labute approximate surface area is 237 Å². The van der Waals surface area contributed by atoms with Gasteiger partial charge in [-0.2, -0.15) is 9.49 Å². The van der Waals surface area contributed by atoms with Crippen molar-refractivity contribution in [2.45, 2.75) is 45.9 Å². The Morgan fingerprint density at radius 2 is 1.88 bits per heavy atom. The van der Waals surface area contributed by atoms with Crippen LogP contribution in [0, 0.1) is 16.8 Å². The quantitative estimate of drug-likeness (QED) is 0.282. The van der Waals surface area contributed by atoms with Gasteiger partial charge in [0.2, 0.25) is 0 Å². The van der Waals surface area contributed by atoms with Crippen molar-refractivity contribution in [3.8, 4) is 28.3 Å². The Bertz CT molecular complexity index is 1690. The van der Waals surface area contributed by atoms with Crippen molar-refractivity contribution in [3.63, 3.8) is 0 Å². The van der Waals surface area contributed by atoms with E-state index in [9.17, 15) is 18.4 Å². The van der Waals surface area contributed by atoms with Gasteiger partial charge >= 0.3 is 6.09 Å². The minimum absolute atomic E-state index is 0.0109. The number of nitrogens with zero attached hydrogens (tertiary/aromatic N) is 3. The standard InChI is InChI=1S/C28H29F3N4O5S/c1-14-19-13-18(33-35(19)7-6-34(14)27(37)40-28(2,3)4)24-22(16-12-21(31)41-25(16)26(36)32-24)23-17(30)10-15(29)11-20(23)39-9-8-38-5/h10-14H,6-9H2,1-5H3,(H,32,36)/t14-/m0/s1. The number of methoxy groups -OCH3 is 1. The number of H-pyrrole nitrogens is 1. The molecule has 0 fully saturated rings. The van der Waals surface area contributed by atoms with E-state index in [2.05, 4.69) is 10.1 Å². The van der Waals surface area contributed by atoms with Gasteiger partial charge in [0, 0.05) is 36.7 Å². The minimum atomic E-state index is -0.966. The van der Waals surface area contributed by atoms with Gasteiger partial charge in [-0.3, -0.25) is 14.4 Å². The first kappa shape index (κ1) is 28.7. The molecule has 0 saturated heterocycles. The van der Waals surface area contributed by atoms with Crippen molar-refractivity contribution in [1.82, 2.24) is 19.7 Å². The van der Waals surface area contributed by atoms with Crippen LogP contribution in [0.5, 0.6) is 5.75 Å². The van der Waals surface area contributed by atoms with Crippen LogP contribution < -0.4 is 10.3 Å². The highest BCUT2D eigenvalue weighted by atomic mass is 32.1. The summed E-state index contributed by atoms with van der Waals surface area (Å²) >= 11 is 0.612. The van der Waals surface area contributed by atoms with E-state index in [-0.39, 0.29) is 51.6 Å². The number of aromatic amines is 1. The molecule has 1 N–H and O–H groups in total. The summed E-state index contributed by atoms with van der Waals surface area (Å²) < 4.78 is 62.4. The maximum absolute atomic E-state index is 15.6. The summed E-state index contributed by atoms with van der Waals surface area (Å²) in [5, 5.41) is 4.13. The normalized spacial score (nSPS) is 15.3. The summed E-state index contributed by atoms with van der Waals surface area (Å²) in [6.45, 7) is 7.97. The van der Waals surface area contributed by atoms with Gasteiger partial charge in [-0.15, -0.1) is 11.3 Å². The van der Waals surface area contributed by atoms with Crippen LogP contribution in [0.15, 0.2) is 29.1 Å². The fourth-order valence-corrected chi connectivity index (χ4v) is 5.66. The lowest BCUT2D eigenvalue weighted by Gasteiger charge is -2.35. The van der Waals surface area contributed by atoms with Crippen LogP contribution in [0.2, 0.25) is 0 Å². The van der Waals surface area contributed by atoms with Crippen LogP contribution in [0.25, 0.3) is 32.6 Å². The van der Waals surface area contributed by atoms with Gasteiger partial charge in [0.1, 0.15) is 40.0 Å². The summed E-state index contributed by atoms with van der Waals surface area (Å²) in [6.07, 6.45) is -0.477. The molecule has 5 rings (SSSR count). The van der Waals surface area contributed by atoms with E-state index in [4.69, 9.17) is 14.2 Å². The van der Waals surface area contributed by atoms with Crippen LogP contribution in [-0.4, -0.2) is 58.2 Å². The van der Waals surface area contributed by atoms with Crippen LogP contribution in [0.1, 0.15) is 39.4 Å². The van der Waals surface area contributed by atoms with Crippen molar-refractivity contribution in [3.05, 3.63) is 57.1 Å². The predicted octanol–water partition coefficient (Wildman–Crippen LogP) is 5.87. The number of pyridine rings is 1. The second-order valence-corrected chi connectivity index (χ2v) is 11.6. The predicted molar refractivity (Wildman–Crippen MR) is 148 cm³/mol. The fourth-order valence-electron chi connectivity index (χ4n) is 4.87. The molecule has 41 heavy (non-hydrogen) atoms. The Morgan fingerprint density at radius 1 is 1.12 bits per heavy atom.